The molecule has 5 heteroatoms. The Bertz CT molecular complexity index is 444. The third-order valence-electron chi connectivity index (χ3n) is 1.80. The fraction of sp³-hybridized carbons (Fsp3) is 0. The van der Waals surface area contributed by atoms with Crippen LogP contribution in [0.2, 0.25) is 0 Å². The average Bonchev–Trinajstić information content (AvgIpc) is 2.35. The first kappa shape index (κ1) is 13.2. The molecule has 0 atom stereocenters. The van der Waals surface area contributed by atoms with E-state index in [2.05, 4.69) is 32.5 Å². The summed E-state index contributed by atoms with van der Waals surface area (Å²) in [6, 6.07) is 7.21. The Kier molecular flexibility index (Phi) is 5.16. The lowest BCUT2D eigenvalue weighted by Crippen LogP contribution is -1.87. The van der Waals surface area contributed by atoms with Gasteiger partial charge in [0.25, 0.3) is 0 Å². The second kappa shape index (κ2) is 6.65. The minimum Gasteiger partial charge on any atom is -0.384 e. The fourth-order valence-electron chi connectivity index (χ4n) is 0.925. The monoisotopic (exact) mass is 292 g/mol. The number of nitrogens with two attached hydrogens (primary N) is 2. The molecule has 0 unspecified atom stereocenters. The summed E-state index contributed by atoms with van der Waals surface area (Å²) in [4.78, 5) is 7.67. The number of hydrogen-bond acceptors (Lipinski definition) is 4. The van der Waals surface area contributed by atoms with Crippen LogP contribution >= 0.6 is 15.9 Å². The van der Waals surface area contributed by atoms with E-state index < -0.39 is 0 Å². The van der Waals surface area contributed by atoms with Gasteiger partial charge in [0.05, 0.1) is 0 Å². The molecule has 88 valence electrons. The van der Waals surface area contributed by atoms with Crippen molar-refractivity contribution in [3.8, 4) is 0 Å². The lowest BCUT2D eigenvalue weighted by atomic mass is 10.3. The molecule has 2 rings (SSSR count). The van der Waals surface area contributed by atoms with E-state index in [4.69, 9.17) is 11.5 Å². The van der Waals surface area contributed by atoms with Crippen LogP contribution in [0.4, 0.5) is 11.6 Å². The molecule has 0 saturated carbocycles. The number of anilines is 2. The minimum atomic E-state index is 0.542. The van der Waals surface area contributed by atoms with E-state index in [1.54, 1.807) is 30.6 Å². The van der Waals surface area contributed by atoms with Crippen molar-refractivity contribution in [1.82, 2.24) is 9.97 Å². The van der Waals surface area contributed by atoms with E-state index in [0.29, 0.717) is 11.6 Å². The largest absolute Gasteiger partial charge is 0.384 e. The molecule has 0 saturated heterocycles. The van der Waals surface area contributed by atoms with Crippen LogP contribution in [0.3, 0.4) is 0 Å². The molecule has 0 amide bonds. The van der Waals surface area contributed by atoms with Crippen molar-refractivity contribution in [2.45, 2.75) is 0 Å². The van der Waals surface area contributed by atoms with Gasteiger partial charge in [0.2, 0.25) is 0 Å². The summed E-state index contributed by atoms with van der Waals surface area (Å²) < 4.78 is 0.951. The number of aromatic nitrogens is 2. The van der Waals surface area contributed by atoms with Gasteiger partial charge in [-0.25, -0.2) is 9.97 Å². The average molecular weight is 293 g/mol. The van der Waals surface area contributed by atoms with Crippen molar-refractivity contribution in [3.63, 3.8) is 0 Å². The van der Waals surface area contributed by atoms with E-state index in [1.807, 2.05) is 12.1 Å². The highest BCUT2D eigenvalue weighted by Crippen LogP contribution is 2.07. The van der Waals surface area contributed by atoms with Crippen LogP contribution in [0.1, 0.15) is 5.56 Å². The van der Waals surface area contributed by atoms with Gasteiger partial charge in [-0.15, -0.1) is 0 Å². The standard InChI is InChI=1S/C7H8N2.C5H5BrN2/c1-2-6-3-4-7(8)9-5-6;6-4-1-2-5(7)8-3-4/h2-5H,1H2,(H2,8,9);1-3H,(H2,7,8). The Balaban J connectivity index is 0.000000171. The Morgan fingerprint density at radius 2 is 1.59 bits per heavy atom. The summed E-state index contributed by atoms with van der Waals surface area (Å²) in [6.45, 7) is 3.58. The van der Waals surface area contributed by atoms with Crippen molar-refractivity contribution in [2.24, 2.45) is 0 Å². The lowest BCUT2D eigenvalue weighted by Gasteiger charge is -1.90. The first-order valence-electron chi connectivity index (χ1n) is 4.83. The molecule has 17 heavy (non-hydrogen) atoms. The van der Waals surface area contributed by atoms with E-state index >= 15 is 0 Å². The van der Waals surface area contributed by atoms with Gasteiger partial charge in [-0.1, -0.05) is 12.7 Å². The lowest BCUT2D eigenvalue weighted by molar-refractivity contribution is 1.32. The summed E-state index contributed by atoms with van der Waals surface area (Å²) in [6.07, 6.45) is 5.07. The van der Waals surface area contributed by atoms with E-state index in [0.717, 1.165) is 10.0 Å². The molecule has 4 nitrogen and oxygen atoms in total. The Morgan fingerprint density at radius 3 is 1.94 bits per heavy atom. The summed E-state index contributed by atoms with van der Waals surface area (Å²) in [5.41, 5.74) is 11.6. The zero-order valence-corrected chi connectivity index (χ0v) is 10.8. The number of rotatable bonds is 1. The van der Waals surface area contributed by atoms with Crippen molar-refractivity contribution in [2.75, 3.05) is 11.5 Å². The van der Waals surface area contributed by atoms with Crippen molar-refractivity contribution in [3.05, 3.63) is 53.3 Å². The van der Waals surface area contributed by atoms with E-state index in [9.17, 15) is 0 Å². The number of pyridine rings is 2. The second-order valence-corrected chi connectivity index (χ2v) is 4.04. The van der Waals surface area contributed by atoms with Crippen molar-refractivity contribution >= 4 is 33.6 Å². The maximum absolute atomic E-state index is 5.34. The third kappa shape index (κ3) is 5.12. The Labute approximate surface area is 109 Å². The highest BCUT2D eigenvalue weighted by atomic mass is 79.9. The minimum absolute atomic E-state index is 0.542. The van der Waals surface area contributed by atoms with Gasteiger partial charge < -0.3 is 11.5 Å². The Morgan fingerprint density at radius 1 is 1.00 bits per heavy atom. The molecule has 0 aliphatic heterocycles. The van der Waals surface area contributed by atoms with Crippen LogP contribution in [0, 0.1) is 0 Å². The molecule has 0 aromatic carbocycles. The van der Waals surface area contributed by atoms with Gasteiger partial charge in [0.1, 0.15) is 11.6 Å². The molecule has 2 heterocycles. The molecule has 0 fully saturated rings. The quantitative estimate of drug-likeness (QED) is 0.847. The first-order valence-corrected chi connectivity index (χ1v) is 5.62. The van der Waals surface area contributed by atoms with Crippen LogP contribution in [-0.2, 0) is 0 Å². The number of nitrogen functional groups attached to an aromatic ring is 2. The summed E-state index contributed by atoms with van der Waals surface area (Å²) >= 11 is 3.23. The maximum Gasteiger partial charge on any atom is 0.123 e. The maximum atomic E-state index is 5.34. The summed E-state index contributed by atoms with van der Waals surface area (Å²) in [7, 11) is 0. The van der Waals surface area contributed by atoms with Gasteiger partial charge in [-0.2, -0.15) is 0 Å². The van der Waals surface area contributed by atoms with Gasteiger partial charge in [-0.05, 0) is 45.8 Å². The molecule has 0 radical (unpaired) electrons. The predicted octanol–water partition coefficient (Wildman–Crippen LogP) is 2.73. The van der Waals surface area contributed by atoms with Crippen LogP contribution in [-0.4, -0.2) is 9.97 Å². The topological polar surface area (TPSA) is 77.8 Å². The van der Waals surface area contributed by atoms with E-state index in [-0.39, 0.29) is 0 Å². The normalized spacial score (nSPS) is 9.00. The second-order valence-electron chi connectivity index (χ2n) is 3.12. The van der Waals surface area contributed by atoms with Crippen LogP contribution in [0.25, 0.3) is 6.08 Å². The predicted molar refractivity (Wildman–Crippen MR) is 75.1 cm³/mol. The number of nitrogens with zero attached hydrogens (tertiary/aromatic N) is 2. The zero-order chi connectivity index (χ0) is 12.7. The smallest absolute Gasteiger partial charge is 0.123 e. The highest BCUT2D eigenvalue weighted by Gasteiger charge is 1.84. The van der Waals surface area contributed by atoms with Crippen LogP contribution in [0.5, 0.6) is 0 Å². The molecule has 0 spiro atoms. The van der Waals surface area contributed by atoms with Gasteiger partial charge in [-0.3, -0.25) is 0 Å². The van der Waals surface area contributed by atoms with Gasteiger partial charge >= 0.3 is 0 Å². The number of halogens is 1. The SMILES string of the molecule is C=Cc1ccc(N)nc1.Nc1ccc(Br)cn1. The number of hydrogen-bond donors (Lipinski definition) is 2. The first-order chi connectivity index (χ1) is 8.11. The van der Waals surface area contributed by atoms with Crippen LogP contribution in [0.15, 0.2) is 47.7 Å². The molecular weight excluding hydrogens is 280 g/mol. The van der Waals surface area contributed by atoms with Crippen molar-refractivity contribution < 1.29 is 0 Å². The highest BCUT2D eigenvalue weighted by molar-refractivity contribution is 9.10. The molecule has 2 aromatic heterocycles. The summed E-state index contributed by atoms with van der Waals surface area (Å²) in [5, 5.41) is 0. The molecule has 0 bridgehead atoms. The fourth-order valence-corrected chi connectivity index (χ4v) is 1.16. The molecular formula is C12H13BrN4. The molecule has 0 aliphatic carbocycles. The Hall–Kier alpha value is -1.88. The van der Waals surface area contributed by atoms with Gasteiger partial charge in [0.15, 0.2) is 0 Å². The summed E-state index contributed by atoms with van der Waals surface area (Å²) in [5.74, 6) is 1.09. The zero-order valence-electron chi connectivity index (χ0n) is 9.18. The third-order valence-corrected chi connectivity index (χ3v) is 2.26. The molecule has 4 N–H and O–H groups in total. The molecule has 0 aliphatic rings. The molecule has 2 aromatic rings. The van der Waals surface area contributed by atoms with Crippen LogP contribution < -0.4 is 11.5 Å². The van der Waals surface area contributed by atoms with E-state index in [1.165, 1.54) is 0 Å². The van der Waals surface area contributed by atoms with Crippen molar-refractivity contribution in [1.29, 1.82) is 0 Å². The van der Waals surface area contributed by atoms with Gasteiger partial charge in [0, 0.05) is 16.9 Å².